The van der Waals surface area contributed by atoms with Gasteiger partial charge in [-0.3, -0.25) is 4.79 Å². The van der Waals surface area contributed by atoms with Gasteiger partial charge in [-0.05, 0) is 32.5 Å². The van der Waals surface area contributed by atoms with Gasteiger partial charge in [-0.25, -0.2) is 4.39 Å². The van der Waals surface area contributed by atoms with Crippen LogP contribution in [0.4, 0.5) is 4.39 Å². The zero-order chi connectivity index (χ0) is 13.8. The molecule has 0 fully saturated rings. The van der Waals surface area contributed by atoms with Crippen LogP contribution in [0, 0.1) is 12.7 Å². The number of hydrogen-bond acceptors (Lipinski definition) is 3. The molecular formula is C13H18FNO3. The third-order valence-corrected chi connectivity index (χ3v) is 3.04. The largest absolute Gasteiger partial charge is 0.493 e. The van der Waals surface area contributed by atoms with E-state index in [-0.39, 0.29) is 18.8 Å². The number of aliphatic carboxylic acids is 1. The first-order valence-corrected chi connectivity index (χ1v) is 5.70. The first-order chi connectivity index (χ1) is 8.39. The summed E-state index contributed by atoms with van der Waals surface area (Å²) in [5.74, 6) is -0.868. The summed E-state index contributed by atoms with van der Waals surface area (Å²) < 4.78 is 18.6. The van der Waals surface area contributed by atoms with Crippen LogP contribution in [-0.4, -0.2) is 30.3 Å². The van der Waals surface area contributed by atoms with Gasteiger partial charge in [0.05, 0.1) is 6.61 Å². The topological polar surface area (TPSA) is 58.6 Å². The van der Waals surface area contributed by atoms with Crippen molar-refractivity contribution in [2.45, 2.75) is 25.8 Å². The summed E-state index contributed by atoms with van der Waals surface area (Å²) in [6, 6.07) is 4.59. The van der Waals surface area contributed by atoms with E-state index in [2.05, 4.69) is 5.32 Å². The lowest BCUT2D eigenvalue weighted by Crippen LogP contribution is -2.48. The first kappa shape index (κ1) is 14.4. The molecular weight excluding hydrogens is 237 g/mol. The van der Waals surface area contributed by atoms with Gasteiger partial charge >= 0.3 is 5.97 Å². The van der Waals surface area contributed by atoms with Crippen LogP contribution in [0.3, 0.4) is 0 Å². The molecule has 0 aromatic heterocycles. The maximum atomic E-state index is 13.2. The van der Waals surface area contributed by atoms with Gasteiger partial charge < -0.3 is 15.2 Å². The average Bonchev–Trinajstić information content (AvgIpc) is 2.33. The Morgan fingerprint density at radius 2 is 2.22 bits per heavy atom. The van der Waals surface area contributed by atoms with Crippen molar-refractivity contribution in [3.63, 3.8) is 0 Å². The maximum absolute atomic E-state index is 13.2. The fourth-order valence-electron chi connectivity index (χ4n) is 1.38. The van der Waals surface area contributed by atoms with Gasteiger partial charge in [0, 0.05) is 12.5 Å². The van der Waals surface area contributed by atoms with Crippen molar-refractivity contribution in [2.24, 2.45) is 0 Å². The summed E-state index contributed by atoms with van der Waals surface area (Å²) in [7, 11) is 1.58. The summed E-state index contributed by atoms with van der Waals surface area (Å²) in [5, 5.41) is 11.8. The Morgan fingerprint density at radius 3 is 2.72 bits per heavy atom. The molecule has 2 N–H and O–H groups in total. The highest BCUT2D eigenvalue weighted by molar-refractivity contribution is 5.78. The fraction of sp³-hybridized carbons (Fsp3) is 0.462. The second-order valence-corrected chi connectivity index (χ2v) is 4.40. The van der Waals surface area contributed by atoms with Gasteiger partial charge in [0.15, 0.2) is 0 Å². The molecule has 1 aromatic carbocycles. The molecule has 1 aromatic rings. The van der Waals surface area contributed by atoms with E-state index in [0.29, 0.717) is 11.3 Å². The second kappa shape index (κ2) is 5.82. The van der Waals surface area contributed by atoms with E-state index in [0.717, 1.165) is 0 Å². The van der Waals surface area contributed by atoms with Gasteiger partial charge in [0.25, 0.3) is 0 Å². The quantitative estimate of drug-likeness (QED) is 0.816. The molecule has 18 heavy (non-hydrogen) atoms. The molecule has 0 aliphatic carbocycles. The molecule has 1 atom stereocenters. The molecule has 0 heterocycles. The van der Waals surface area contributed by atoms with Gasteiger partial charge in [-0.2, -0.15) is 0 Å². The van der Waals surface area contributed by atoms with Crippen molar-refractivity contribution >= 4 is 5.97 Å². The molecule has 0 spiro atoms. The molecule has 0 amide bonds. The number of halogens is 1. The third kappa shape index (κ3) is 3.43. The van der Waals surface area contributed by atoms with Gasteiger partial charge in [-0.1, -0.05) is 6.07 Å². The summed E-state index contributed by atoms with van der Waals surface area (Å²) in [6.07, 6.45) is 0.286. The molecule has 4 nitrogen and oxygen atoms in total. The molecule has 0 aliphatic rings. The number of aryl methyl sites for hydroxylation is 1. The van der Waals surface area contributed by atoms with E-state index in [1.807, 2.05) is 0 Å². The Kier molecular flexibility index (Phi) is 4.67. The minimum Gasteiger partial charge on any atom is -0.493 e. The molecule has 1 rings (SSSR count). The van der Waals surface area contributed by atoms with Crippen molar-refractivity contribution in [1.29, 1.82) is 0 Å². The van der Waals surface area contributed by atoms with Gasteiger partial charge in [0.2, 0.25) is 0 Å². The SMILES string of the molecule is CNC(C)(CCOc1ccc(C)c(F)c1)C(=O)O. The highest BCUT2D eigenvalue weighted by Gasteiger charge is 2.30. The van der Waals surface area contributed by atoms with Crippen LogP contribution in [0.5, 0.6) is 5.75 Å². The molecule has 0 bridgehead atoms. The molecule has 0 radical (unpaired) electrons. The lowest BCUT2D eigenvalue weighted by molar-refractivity contribution is -0.144. The molecule has 0 saturated carbocycles. The highest BCUT2D eigenvalue weighted by Crippen LogP contribution is 2.17. The standard InChI is InChI=1S/C13H18FNO3/c1-9-4-5-10(8-11(9)14)18-7-6-13(2,15-3)12(16)17/h4-5,8,15H,6-7H2,1-3H3,(H,16,17). The number of carboxylic acid groups (broad SMARTS) is 1. The lowest BCUT2D eigenvalue weighted by atomic mass is 9.99. The number of carboxylic acids is 1. The molecule has 5 heteroatoms. The van der Waals surface area contributed by atoms with Crippen molar-refractivity contribution in [2.75, 3.05) is 13.7 Å². The Labute approximate surface area is 106 Å². The number of carbonyl (C=O) groups is 1. The van der Waals surface area contributed by atoms with Crippen LogP contribution in [0.25, 0.3) is 0 Å². The summed E-state index contributed by atoms with van der Waals surface area (Å²) in [6.45, 7) is 3.45. The van der Waals surface area contributed by atoms with E-state index in [1.165, 1.54) is 6.07 Å². The highest BCUT2D eigenvalue weighted by atomic mass is 19.1. The Morgan fingerprint density at radius 1 is 1.56 bits per heavy atom. The van der Waals surface area contributed by atoms with Crippen LogP contribution < -0.4 is 10.1 Å². The predicted molar refractivity (Wildman–Crippen MR) is 66.3 cm³/mol. The van der Waals surface area contributed by atoms with Gasteiger partial charge in [0.1, 0.15) is 17.1 Å². The number of nitrogens with one attached hydrogen (secondary N) is 1. The summed E-state index contributed by atoms with van der Waals surface area (Å²) in [5.41, 5.74) is -0.489. The zero-order valence-electron chi connectivity index (χ0n) is 10.8. The number of rotatable bonds is 6. The van der Waals surface area contributed by atoms with Crippen molar-refractivity contribution in [3.05, 3.63) is 29.6 Å². The smallest absolute Gasteiger partial charge is 0.323 e. The summed E-state index contributed by atoms with van der Waals surface area (Å²) in [4.78, 5) is 11.0. The lowest BCUT2D eigenvalue weighted by Gasteiger charge is -2.23. The van der Waals surface area contributed by atoms with Crippen LogP contribution in [0.15, 0.2) is 18.2 Å². The van der Waals surface area contributed by atoms with Crippen LogP contribution in [0.2, 0.25) is 0 Å². The minimum absolute atomic E-state index is 0.201. The normalized spacial score (nSPS) is 14.0. The summed E-state index contributed by atoms with van der Waals surface area (Å²) >= 11 is 0. The molecule has 1 unspecified atom stereocenters. The second-order valence-electron chi connectivity index (χ2n) is 4.40. The van der Waals surface area contributed by atoms with Crippen molar-refractivity contribution in [1.82, 2.24) is 5.32 Å². The number of ether oxygens (including phenoxy) is 1. The maximum Gasteiger partial charge on any atom is 0.323 e. The number of hydrogen-bond donors (Lipinski definition) is 2. The van der Waals surface area contributed by atoms with Crippen molar-refractivity contribution < 1.29 is 19.0 Å². The van der Waals surface area contributed by atoms with Crippen molar-refractivity contribution in [3.8, 4) is 5.75 Å². The first-order valence-electron chi connectivity index (χ1n) is 5.70. The van der Waals surface area contributed by atoms with Crippen LogP contribution >= 0.6 is 0 Å². The minimum atomic E-state index is -1.04. The zero-order valence-corrected chi connectivity index (χ0v) is 10.8. The third-order valence-electron chi connectivity index (χ3n) is 3.04. The fourth-order valence-corrected chi connectivity index (χ4v) is 1.38. The predicted octanol–water partition coefficient (Wildman–Crippen LogP) is 1.97. The van der Waals surface area contributed by atoms with E-state index < -0.39 is 11.5 Å². The van der Waals surface area contributed by atoms with Crippen LogP contribution in [-0.2, 0) is 4.79 Å². The Balaban J connectivity index is 2.56. The number of likely N-dealkylation sites (N-methyl/N-ethyl adjacent to an activating group) is 1. The number of benzene rings is 1. The van der Waals surface area contributed by atoms with E-state index in [9.17, 15) is 9.18 Å². The van der Waals surface area contributed by atoms with E-state index >= 15 is 0 Å². The molecule has 100 valence electrons. The van der Waals surface area contributed by atoms with E-state index in [4.69, 9.17) is 9.84 Å². The van der Waals surface area contributed by atoms with E-state index in [1.54, 1.807) is 33.0 Å². The molecule has 0 aliphatic heterocycles. The Hall–Kier alpha value is -1.62. The van der Waals surface area contributed by atoms with Crippen LogP contribution in [0.1, 0.15) is 18.9 Å². The monoisotopic (exact) mass is 255 g/mol. The molecule has 0 saturated heterocycles. The van der Waals surface area contributed by atoms with Gasteiger partial charge in [-0.15, -0.1) is 0 Å². The average molecular weight is 255 g/mol. The Bertz CT molecular complexity index is 436.